The molecule has 0 aromatic heterocycles. The van der Waals surface area contributed by atoms with Crippen LogP contribution in [0.3, 0.4) is 0 Å². The minimum Gasteiger partial charge on any atom is -0.506 e. The third kappa shape index (κ3) is 2.63. The Hall–Kier alpha value is -3.32. The lowest BCUT2D eigenvalue weighted by atomic mass is 10.1. The van der Waals surface area contributed by atoms with Crippen LogP contribution in [-0.2, 0) is 14.8 Å². The molecule has 6 nitrogen and oxygen atoms in total. The summed E-state index contributed by atoms with van der Waals surface area (Å²) in [7, 11) is -2.83. The van der Waals surface area contributed by atoms with Crippen molar-refractivity contribution in [2.75, 3.05) is 16.7 Å². The maximum atomic E-state index is 12.9. The summed E-state index contributed by atoms with van der Waals surface area (Å²) in [6.45, 7) is 0. The minimum atomic E-state index is -4.19. The lowest BCUT2D eigenvalue weighted by Gasteiger charge is -2.28. The molecule has 4 rings (SSSR count). The average Bonchev–Trinajstić information content (AvgIpc) is 2.66. The predicted molar refractivity (Wildman–Crippen MR) is 106 cm³/mol. The number of aliphatic hydroxyl groups is 1. The Bertz CT molecular complexity index is 1210. The molecule has 7 heteroatoms. The molecule has 0 saturated carbocycles. The molecule has 0 unspecified atom stereocenters. The summed E-state index contributed by atoms with van der Waals surface area (Å²) in [5.41, 5.74) is 1.07. The highest BCUT2D eigenvalue weighted by Gasteiger charge is 2.39. The maximum absolute atomic E-state index is 12.9. The maximum Gasteiger partial charge on any atom is 0.273 e. The van der Waals surface area contributed by atoms with E-state index >= 15 is 0 Å². The van der Waals surface area contributed by atoms with Gasteiger partial charge >= 0.3 is 0 Å². The molecule has 2 N–H and O–H groups in total. The summed E-state index contributed by atoms with van der Waals surface area (Å²) >= 11 is 0. The number of sulfonamides is 1. The lowest BCUT2D eigenvalue weighted by Crippen LogP contribution is -2.37. The number of anilines is 2. The Balaban J connectivity index is 1.83. The van der Waals surface area contributed by atoms with Gasteiger partial charge in [-0.15, -0.1) is 0 Å². The van der Waals surface area contributed by atoms with E-state index in [1.807, 2.05) is 30.3 Å². The molecule has 0 fully saturated rings. The Morgan fingerprint density at radius 1 is 0.963 bits per heavy atom. The number of aliphatic hydroxyl groups excluding tert-OH is 1. The van der Waals surface area contributed by atoms with Gasteiger partial charge in [0.15, 0.2) is 10.7 Å². The van der Waals surface area contributed by atoms with Gasteiger partial charge < -0.3 is 10.4 Å². The second-order valence-corrected chi connectivity index (χ2v) is 8.05. The number of hydrogen-bond acceptors (Lipinski definition) is 4. The summed E-state index contributed by atoms with van der Waals surface area (Å²) in [5, 5.41) is 14.9. The van der Waals surface area contributed by atoms with Crippen molar-refractivity contribution in [3.05, 3.63) is 77.2 Å². The standard InChI is InChI=1S/C20H16N2O4S/c1-22-17-12-5-4-10-15(17)18(23)19(27(22,25)26)20(24)21-16-11-6-8-13-7-2-3-9-14(13)16/h2-12,23H,1H3,(H,21,24). The fourth-order valence-corrected chi connectivity index (χ4v) is 4.53. The van der Waals surface area contributed by atoms with Crippen LogP contribution < -0.4 is 9.62 Å². The molecule has 1 amide bonds. The van der Waals surface area contributed by atoms with Gasteiger partial charge in [-0.2, -0.15) is 0 Å². The summed E-state index contributed by atoms with van der Waals surface area (Å²) in [4.78, 5) is 12.2. The van der Waals surface area contributed by atoms with Gasteiger partial charge in [0.2, 0.25) is 0 Å². The molecule has 27 heavy (non-hydrogen) atoms. The fourth-order valence-electron chi connectivity index (χ4n) is 3.20. The zero-order valence-corrected chi connectivity index (χ0v) is 15.2. The van der Waals surface area contributed by atoms with E-state index in [4.69, 9.17) is 0 Å². The number of hydrogen-bond donors (Lipinski definition) is 2. The van der Waals surface area contributed by atoms with Crippen molar-refractivity contribution < 1.29 is 18.3 Å². The molecular formula is C20H16N2O4S. The highest BCUT2D eigenvalue weighted by molar-refractivity contribution is 7.97. The van der Waals surface area contributed by atoms with Crippen LogP contribution in [0, 0.1) is 0 Å². The molecule has 0 spiro atoms. The second kappa shape index (κ2) is 6.14. The van der Waals surface area contributed by atoms with E-state index in [2.05, 4.69) is 5.32 Å². The van der Waals surface area contributed by atoms with Crippen LogP contribution in [0.25, 0.3) is 16.5 Å². The number of carbonyl (C=O) groups is 1. The Kier molecular flexibility index (Phi) is 3.89. The van der Waals surface area contributed by atoms with Crippen LogP contribution in [-0.4, -0.2) is 26.5 Å². The second-order valence-electron chi connectivity index (χ2n) is 6.15. The molecule has 136 valence electrons. The van der Waals surface area contributed by atoms with E-state index in [9.17, 15) is 18.3 Å². The van der Waals surface area contributed by atoms with Crippen molar-refractivity contribution >= 4 is 43.8 Å². The van der Waals surface area contributed by atoms with Crippen molar-refractivity contribution in [2.24, 2.45) is 0 Å². The van der Waals surface area contributed by atoms with Gasteiger partial charge in [0.1, 0.15) is 0 Å². The number of amides is 1. The highest BCUT2D eigenvalue weighted by Crippen LogP contribution is 2.37. The molecule has 3 aromatic carbocycles. The smallest absolute Gasteiger partial charge is 0.273 e. The van der Waals surface area contributed by atoms with Crippen LogP contribution in [0.1, 0.15) is 5.56 Å². The largest absolute Gasteiger partial charge is 0.506 e. The highest BCUT2D eigenvalue weighted by atomic mass is 32.2. The monoisotopic (exact) mass is 380 g/mol. The number of carbonyl (C=O) groups excluding carboxylic acids is 1. The van der Waals surface area contributed by atoms with Crippen molar-refractivity contribution in [1.29, 1.82) is 0 Å². The molecule has 3 aromatic rings. The molecule has 1 heterocycles. The van der Waals surface area contributed by atoms with Gasteiger partial charge in [-0.1, -0.05) is 48.5 Å². The van der Waals surface area contributed by atoms with E-state index in [1.54, 1.807) is 36.4 Å². The van der Waals surface area contributed by atoms with E-state index in [1.165, 1.54) is 7.05 Å². The first-order chi connectivity index (χ1) is 12.9. The molecule has 1 aliphatic rings. The third-order valence-electron chi connectivity index (χ3n) is 4.58. The summed E-state index contributed by atoms with van der Waals surface area (Å²) in [6.07, 6.45) is 0. The van der Waals surface area contributed by atoms with Crippen LogP contribution in [0.5, 0.6) is 0 Å². The first-order valence-electron chi connectivity index (χ1n) is 8.22. The van der Waals surface area contributed by atoms with Gasteiger partial charge in [-0.3, -0.25) is 9.10 Å². The number of nitrogens with one attached hydrogen (secondary N) is 1. The summed E-state index contributed by atoms with van der Waals surface area (Å²) in [6, 6.07) is 19.2. The first-order valence-corrected chi connectivity index (χ1v) is 9.66. The van der Waals surface area contributed by atoms with Gasteiger partial charge in [0.05, 0.1) is 5.69 Å². The SMILES string of the molecule is CN1c2ccccc2C(O)=C(C(=O)Nc2cccc3ccccc23)S1(=O)=O. The first kappa shape index (κ1) is 17.1. The number of benzene rings is 3. The Labute approximate surface area is 156 Å². The lowest BCUT2D eigenvalue weighted by molar-refractivity contribution is -0.112. The van der Waals surface area contributed by atoms with Gasteiger partial charge in [0.25, 0.3) is 15.9 Å². The molecule has 0 bridgehead atoms. The normalized spacial score (nSPS) is 15.5. The molecule has 0 radical (unpaired) electrons. The van der Waals surface area contributed by atoms with Crippen LogP contribution in [0.15, 0.2) is 71.6 Å². The van der Waals surface area contributed by atoms with Gasteiger partial charge in [0, 0.05) is 23.7 Å². The third-order valence-corrected chi connectivity index (χ3v) is 6.39. The fraction of sp³-hybridized carbons (Fsp3) is 0.0500. The quantitative estimate of drug-likeness (QED) is 0.713. The van der Waals surface area contributed by atoms with Gasteiger partial charge in [-0.25, -0.2) is 8.42 Å². The molecule has 0 atom stereocenters. The Morgan fingerprint density at radius 2 is 1.63 bits per heavy atom. The van der Waals surface area contributed by atoms with Crippen LogP contribution in [0.2, 0.25) is 0 Å². The van der Waals surface area contributed by atoms with Crippen molar-refractivity contribution in [2.45, 2.75) is 0 Å². The molecule has 0 aliphatic carbocycles. The number of fused-ring (bicyclic) bond motifs is 2. The number of para-hydroxylation sites is 1. The molecular weight excluding hydrogens is 364 g/mol. The van der Waals surface area contributed by atoms with E-state index in [-0.39, 0.29) is 5.56 Å². The minimum absolute atomic E-state index is 0.290. The van der Waals surface area contributed by atoms with E-state index < -0.39 is 26.6 Å². The van der Waals surface area contributed by atoms with Gasteiger partial charge in [-0.05, 0) is 23.6 Å². The zero-order valence-electron chi connectivity index (χ0n) is 14.4. The van der Waals surface area contributed by atoms with Crippen LogP contribution in [0.4, 0.5) is 11.4 Å². The number of rotatable bonds is 2. The van der Waals surface area contributed by atoms with Crippen molar-refractivity contribution in [3.8, 4) is 0 Å². The predicted octanol–water partition coefficient (Wildman–Crippen LogP) is 3.48. The Morgan fingerprint density at radius 3 is 2.44 bits per heavy atom. The number of nitrogens with zero attached hydrogens (tertiary/aromatic N) is 1. The van der Waals surface area contributed by atoms with Crippen LogP contribution >= 0.6 is 0 Å². The van der Waals surface area contributed by atoms with E-state index in [0.29, 0.717) is 11.4 Å². The van der Waals surface area contributed by atoms with E-state index in [0.717, 1.165) is 15.1 Å². The average molecular weight is 380 g/mol. The zero-order chi connectivity index (χ0) is 19.2. The molecule has 0 saturated heterocycles. The van der Waals surface area contributed by atoms with Crippen molar-refractivity contribution in [3.63, 3.8) is 0 Å². The molecule has 1 aliphatic heterocycles. The summed E-state index contributed by atoms with van der Waals surface area (Å²) in [5.74, 6) is -1.44. The van der Waals surface area contributed by atoms with Crippen molar-refractivity contribution in [1.82, 2.24) is 0 Å². The topological polar surface area (TPSA) is 86.7 Å². The summed E-state index contributed by atoms with van der Waals surface area (Å²) < 4.78 is 26.7.